The highest BCUT2D eigenvalue weighted by atomic mass is 79.9. The van der Waals surface area contributed by atoms with Crippen LogP contribution >= 0.6 is 43.6 Å². The molecule has 0 amide bonds. The fraction of sp³-hybridized carbons (Fsp3) is 0.444. The Labute approximate surface area is 100.0 Å². The molecule has 1 rings (SSSR count). The van der Waals surface area contributed by atoms with Gasteiger partial charge in [0.15, 0.2) is 0 Å². The highest BCUT2D eigenvalue weighted by Crippen LogP contribution is 2.28. The number of halogens is 2. The van der Waals surface area contributed by atoms with Gasteiger partial charge in [-0.1, -0.05) is 13.3 Å². The quantitative estimate of drug-likeness (QED) is 0.597. The first-order chi connectivity index (χ1) is 6.24. The Balaban J connectivity index is 2.56. The maximum Gasteiger partial charge on any atom is 0.110 e. The van der Waals surface area contributed by atoms with Gasteiger partial charge in [-0.15, -0.1) is 11.8 Å². The molecule has 1 heterocycles. The van der Waals surface area contributed by atoms with Crippen molar-refractivity contribution < 1.29 is 0 Å². The second-order valence-corrected chi connectivity index (χ2v) is 5.50. The van der Waals surface area contributed by atoms with Crippen molar-refractivity contribution in [3.05, 3.63) is 21.2 Å². The van der Waals surface area contributed by atoms with Crippen LogP contribution in [0.15, 0.2) is 26.2 Å². The molecule has 4 heteroatoms. The van der Waals surface area contributed by atoms with Gasteiger partial charge < -0.3 is 0 Å². The predicted octanol–water partition coefficient (Wildman–Crippen LogP) is 4.50. The van der Waals surface area contributed by atoms with Crippen LogP contribution in [0.1, 0.15) is 19.8 Å². The van der Waals surface area contributed by atoms with Gasteiger partial charge in [0.2, 0.25) is 0 Å². The van der Waals surface area contributed by atoms with Gasteiger partial charge in [0.05, 0.1) is 4.47 Å². The van der Waals surface area contributed by atoms with Crippen LogP contribution in [-0.2, 0) is 0 Å². The molecule has 0 aliphatic rings. The Morgan fingerprint density at radius 3 is 2.85 bits per heavy atom. The number of thioether (sulfide) groups is 1. The van der Waals surface area contributed by atoms with Gasteiger partial charge in [0, 0.05) is 10.7 Å². The number of pyridine rings is 1. The van der Waals surface area contributed by atoms with Crippen LogP contribution in [0.4, 0.5) is 0 Å². The molecule has 1 aromatic heterocycles. The Bertz CT molecular complexity index is 278. The Morgan fingerprint density at radius 2 is 2.23 bits per heavy atom. The lowest BCUT2D eigenvalue weighted by atomic mass is 10.4. The first-order valence-electron chi connectivity index (χ1n) is 4.18. The molecule has 13 heavy (non-hydrogen) atoms. The van der Waals surface area contributed by atoms with E-state index < -0.39 is 0 Å². The van der Waals surface area contributed by atoms with Gasteiger partial charge in [-0.25, -0.2) is 4.98 Å². The van der Waals surface area contributed by atoms with Crippen LogP contribution in [0.25, 0.3) is 0 Å². The van der Waals surface area contributed by atoms with E-state index in [2.05, 4.69) is 43.8 Å². The maximum absolute atomic E-state index is 4.32. The van der Waals surface area contributed by atoms with Gasteiger partial charge in [-0.3, -0.25) is 0 Å². The number of nitrogens with zero attached hydrogens (tertiary/aromatic N) is 1. The standard InChI is InChI=1S/C9H11Br2NS/c1-2-3-4-13-9-8(11)5-7(10)6-12-9/h5-6H,2-4H2,1H3. The summed E-state index contributed by atoms with van der Waals surface area (Å²) < 4.78 is 2.09. The van der Waals surface area contributed by atoms with Crippen molar-refractivity contribution in [1.29, 1.82) is 0 Å². The largest absolute Gasteiger partial charge is 0.248 e. The summed E-state index contributed by atoms with van der Waals surface area (Å²) in [6.45, 7) is 2.20. The normalized spacial score (nSPS) is 10.4. The van der Waals surface area contributed by atoms with Crippen molar-refractivity contribution >= 4 is 43.6 Å². The molecule has 0 radical (unpaired) electrons. The zero-order valence-electron chi connectivity index (χ0n) is 7.39. The first kappa shape index (κ1) is 11.5. The molecule has 0 saturated heterocycles. The minimum absolute atomic E-state index is 1.01. The van der Waals surface area contributed by atoms with Crippen LogP contribution in [0, 0.1) is 0 Å². The average molecular weight is 325 g/mol. The smallest absolute Gasteiger partial charge is 0.110 e. The molecule has 1 aromatic rings. The highest BCUT2D eigenvalue weighted by Gasteiger charge is 2.01. The highest BCUT2D eigenvalue weighted by molar-refractivity contribution is 9.11. The van der Waals surface area contributed by atoms with E-state index in [1.54, 1.807) is 11.8 Å². The van der Waals surface area contributed by atoms with Crippen molar-refractivity contribution in [1.82, 2.24) is 4.98 Å². The second kappa shape index (κ2) is 6.04. The monoisotopic (exact) mass is 323 g/mol. The molecule has 0 fully saturated rings. The fourth-order valence-electron chi connectivity index (χ4n) is 0.821. The van der Waals surface area contributed by atoms with Crippen molar-refractivity contribution in [2.75, 3.05) is 5.75 Å². The Hall–Kier alpha value is 0.460. The SMILES string of the molecule is CCCCSc1ncc(Br)cc1Br. The summed E-state index contributed by atoms with van der Waals surface area (Å²) in [6.07, 6.45) is 4.31. The Kier molecular flexibility index (Phi) is 5.36. The minimum atomic E-state index is 1.01. The summed E-state index contributed by atoms with van der Waals surface area (Å²) >= 11 is 8.66. The lowest BCUT2D eigenvalue weighted by Gasteiger charge is -2.02. The lowest BCUT2D eigenvalue weighted by molar-refractivity contribution is 0.894. The maximum atomic E-state index is 4.32. The number of aromatic nitrogens is 1. The van der Waals surface area contributed by atoms with Crippen molar-refractivity contribution in [2.24, 2.45) is 0 Å². The molecule has 1 nitrogen and oxygen atoms in total. The summed E-state index contributed by atoms with van der Waals surface area (Å²) in [5.74, 6) is 1.14. The first-order valence-corrected chi connectivity index (χ1v) is 6.75. The summed E-state index contributed by atoms with van der Waals surface area (Å²) in [5, 5.41) is 1.08. The molecular formula is C9H11Br2NS. The van der Waals surface area contributed by atoms with E-state index in [-0.39, 0.29) is 0 Å². The number of unbranched alkanes of at least 4 members (excludes halogenated alkanes) is 1. The van der Waals surface area contributed by atoms with Crippen LogP contribution < -0.4 is 0 Å². The minimum Gasteiger partial charge on any atom is -0.248 e. The van der Waals surface area contributed by atoms with Gasteiger partial charge in [-0.05, 0) is 50.1 Å². The van der Waals surface area contributed by atoms with E-state index in [9.17, 15) is 0 Å². The molecule has 72 valence electrons. The van der Waals surface area contributed by atoms with Gasteiger partial charge in [0.25, 0.3) is 0 Å². The molecule has 0 aliphatic heterocycles. The predicted molar refractivity (Wildman–Crippen MR) is 65.3 cm³/mol. The topological polar surface area (TPSA) is 12.9 Å². The molecule has 0 N–H and O–H groups in total. The average Bonchev–Trinajstić information content (AvgIpc) is 2.09. The van der Waals surface area contributed by atoms with Gasteiger partial charge >= 0.3 is 0 Å². The lowest BCUT2D eigenvalue weighted by Crippen LogP contribution is -1.84. The van der Waals surface area contributed by atoms with Crippen LogP contribution in [0.3, 0.4) is 0 Å². The third-order valence-corrected chi connectivity index (χ3v) is 3.90. The van der Waals surface area contributed by atoms with Crippen LogP contribution in [-0.4, -0.2) is 10.7 Å². The van der Waals surface area contributed by atoms with E-state index in [0.717, 1.165) is 19.7 Å². The molecule has 0 spiro atoms. The molecule has 0 aromatic carbocycles. The molecule has 0 unspecified atom stereocenters. The zero-order valence-corrected chi connectivity index (χ0v) is 11.4. The second-order valence-electron chi connectivity index (χ2n) is 2.64. The van der Waals surface area contributed by atoms with Gasteiger partial charge in [0.1, 0.15) is 5.03 Å². The summed E-state index contributed by atoms with van der Waals surface area (Å²) in [5.41, 5.74) is 0. The molecular weight excluding hydrogens is 314 g/mol. The number of rotatable bonds is 4. The van der Waals surface area contributed by atoms with Gasteiger partial charge in [-0.2, -0.15) is 0 Å². The van der Waals surface area contributed by atoms with Crippen molar-refractivity contribution in [3.8, 4) is 0 Å². The zero-order chi connectivity index (χ0) is 9.68. The van der Waals surface area contributed by atoms with E-state index in [0.29, 0.717) is 0 Å². The third-order valence-electron chi connectivity index (χ3n) is 1.51. The van der Waals surface area contributed by atoms with E-state index in [1.807, 2.05) is 12.3 Å². The van der Waals surface area contributed by atoms with Crippen molar-refractivity contribution in [3.63, 3.8) is 0 Å². The Morgan fingerprint density at radius 1 is 1.46 bits per heavy atom. The molecule has 0 saturated carbocycles. The number of hydrogen-bond acceptors (Lipinski definition) is 2. The van der Waals surface area contributed by atoms with Crippen LogP contribution in [0.2, 0.25) is 0 Å². The number of hydrogen-bond donors (Lipinski definition) is 0. The third kappa shape index (κ3) is 4.00. The summed E-state index contributed by atoms with van der Waals surface area (Å²) in [4.78, 5) is 4.32. The molecule has 0 bridgehead atoms. The summed E-state index contributed by atoms with van der Waals surface area (Å²) in [6, 6.07) is 2.03. The van der Waals surface area contributed by atoms with Crippen molar-refractivity contribution in [2.45, 2.75) is 24.8 Å². The van der Waals surface area contributed by atoms with E-state index in [1.165, 1.54) is 12.8 Å². The molecule has 0 aliphatic carbocycles. The van der Waals surface area contributed by atoms with Crippen LogP contribution in [0.5, 0.6) is 0 Å². The summed E-state index contributed by atoms with van der Waals surface area (Å²) in [7, 11) is 0. The molecule has 0 atom stereocenters. The van der Waals surface area contributed by atoms with E-state index >= 15 is 0 Å². The van der Waals surface area contributed by atoms with E-state index in [4.69, 9.17) is 0 Å². The fourth-order valence-corrected chi connectivity index (χ4v) is 3.10.